The third-order valence-corrected chi connectivity index (χ3v) is 6.12. The minimum Gasteiger partial charge on any atom is -0.379 e. The molecule has 0 saturated carbocycles. The van der Waals surface area contributed by atoms with E-state index in [0.29, 0.717) is 37.7 Å². The molecule has 2 heterocycles. The Morgan fingerprint density at radius 3 is 2.45 bits per heavy atom. The van der Waals surface area contributed by atoms with E-state index in [9.17, 15) is 14.0 Å². The number of hydrogen-bond donors (Lipinski definition) is 1. The molecule has 1 N–H and O–H groups in total. The highest BCUT2D eigenvalue weighted by Gasteiger charge is 2.38. The van der Waals surface area contributed by atoms with E-state index in [2.05, 4.69) is 10.2 Å². The summed E-state index contributed by atoms with van der Waals surface area (Å²) in [5.74, 6) is -1.49. The third kappa shape index (κ3) is 5.06. The summed E-state index contributed by atoms with van der Waals surface area (Å²) in [6, 6.07) is 13.2. The summed E-state index contributed by atoms with van der Waals surface area (Å²) in [5, 5.41) is 3.56. The van der Waals surface area contributed by atoms with E-state index in [4.69, 9.17) is 16.3 Å². The van der Waals surface area contributed by atoms with Crippen molar-refractivity contribution in [1.82, 2.24) is 10.2 Å². The van der Waals surface area contributed by atoms with Gasteiger partial charge in [0.05, 0.1) is 19.3 Å². The van der Waals surface area contributed by atoms with Crippen molar-refractivity contribution in [1.29, 1.82) is 0 Å². The first-order chi connectivity index (χ1) is 15.0. The number of benzene rings is 2. The lowest BCUT2D eigenvalue weighted by molar-refractivity contribution is -0.132. The van der Waals surface area contributed by atoms with Crippen LogP contribution in [-0.4, -0.2) is 56.1 Å². The summed E-state index contributed by atoms with van der Waals surface area (Å²) in [4.78, 5) is 29.6. The van der Waals surface area contributed by atoms with E-state index in [1.807, 2.05) is 0 Å². The molecule has 0 radical (unpaired) electrons. The van der Waals surface area contributed by atoms with Crippen LogP contribution in [0.4, 0.5) is 10.1 Å². The summed E-state index contributed by atoms with van der Waals surface area (Å²) in [7, 11) is 0. The number of ether oxygens (including phenoxy) is 1. The van der Waals surface area contributed by atoms with Gasteiger partial charge in [0.25, 0.3) is 0 Å². The molecule has 2 saturated heterocycles. The lowest BCUT2D eigenvalue weighted by atomic mass is 10.0. The van der Waals surface area contributed by atoms with E-state index in [1.165, 1.54) is 12.1 Å². The predicted octanol–water partition coefficient (Wildman–Crippen LogP) is 3.02. The Balaban J connectivity index is 1.42. The molecule has 31 heavy (non-hydrogen) atoms. The number of carbonyl (C=O) groups excluding carboxylic acids is 2. The second kappa shape index (κ2) is 9.77. The summed E-state index contributed by atoms with van der Waals surface area (Å²) in [6.45, 7) is 3.51. The van der Waals surface area contributed by atoms with Crippen LogP contribution in [0.25, 0.3) is 0 Å². The van der Waals surface area contributed by atoms with E-state index in [1.54, 1.807) is 41.3 Å². The Morgan fingerprint density at radius 1 is 1.10 bits per heavy atom. The van der Waals surface area contributed by atoms with Crippen molar-refractivity contribution in [3.8, 4) is 0 Å². The Hall–Kier alpha value is -2.48. The van der Waals surface area contributed by atoms with Gasteiger partial charge < -0.3 is 15.0 Å². The van der Waals surface area contributed by atoms with Gasteiger partial charge in [0.2, 0.25) is 11.8 Å². The fraction of sp³-hybridized carbons (Fsp3) is 0.391. The first-order valence-corrected chi connectivity index (χ1v) is 10.8. The van der Waals surface area contributed by atoms with Crippen molar-refractivity contribution in [2.24, 2.45) is 5.92 Å². The minimum absolute atomic E-state index is 0.114. The maximum Gasteiger partial charge on any atom is 0.239 e. The summed E-state index contributed by atoms with van der Waals surface area (Å²) >= 11 is 5.93. The standard InChI is InChI=1S/C23H25ClFN3O3/c24-17-3-7-19(8-4-17)28-10-9-20(23(28)30)22(29)26-15-21(27-11-13-31-14-12-27)16-1-5-18(25)6-2-16/h1-8,20-21H,9-15H2,(H,26,29). The molecule has 0 spiro atoms. The number of morpholine rings is 1. The number of nitrogens with zero attached hydrogens (tertiary/aromatic N) is 2. The zero-order chi connectivity index (χ0) is 21.8. The zero-order valence-corrected chi connectivity index (χ0v) is 17.9. The van der Waals surface area contributed by atoms with Gasteiger partial charge in [-0.2, -0.15) is 0 Å². The molecule has 0 aromatic heterocycles. The van der Waals surface area contributed by atoms with Crippen LogP contribution in [0.2, 0.25) is 5.02 Å². The van der Waals surface area contributed by atoms with Crippen molar-refractivity contribution in [3.63, 3.8) is 0 Å². The number of hydrogen-bond acceptors (Lipinski definition) is 4. The Kier molecular flexibility index (Phi) is 6.85. The molecule has 2 amide bonds. The van der Waals surface area contributed by atoms with Crippen LogP contribution in [-0.2, 0) is 14.3 Å². The van der Waals surface area contributed by atoms with Gasteiger partial charge in [-0.25, -0.2) is 4.39 Å². The second-order valence-corrected chi connectivity index (χ2v) is 8.20. The molecule has 2 fully saturated rings. The van der Waals surface area contributed by atoms with Gasteiger partial charge in [0.1, 0.15) is 11.7 Å². The quantitative estimate of drug-likeness (QED) is 0.694. The predicted molar refractivity (Wildman–Crippen MR) is 116 cm³/mol. The summed E-state index contributed by atoms with van der Waals surface area (Å²) in [5.41, 5.74) is 1.66. The normalized spacial score (nSPS) is 20.6. The number of halogens is 2. The van der Waals surface area contributed by atoms with Crippen LogP contribution in [0, 0.1) is 11.7 Å². The van der Waals surface area contributed by atoms with Gasteiger partial charge >= 0.3 is 0 Å². The highest BCUT2D eigenvalue weighted by molar-refractivity contribution is 6.30. The van der Waals surface area contributed by atoms with Gasteiger partial charge in [-0.3, -0.25) is 14.5 Å². The minimum atomic E-state index is -0.714. The van der Waals surface area contributed by atoms with Gasteiger partial charge in [0, 0.05) is 36.9 Å². The molecule has 4 rings (SSSR count). The van der Waals surface area contributed by atoms with Gasteiger partial charge in [-0.15, -0.1) is 0 Å². The van der Waals surface area contributed by atoms with Crippen LogP contribution < -0.4 is 10.2 Å². The molecule has 2 aliphatic heterocycles. The van der Waals surface area contributed by atoms with E-state index < -0.39 is 5.92 Å². The maximum absolute atomic E-state index is 13.4. The van der Waals surface area contributed by atoms with Gasteiger partial charge in [0.15, 0.2) is 0 Å². The SMILES string of the molecule is O=C(NCC(c1ccc(F)cc1)N1CCOCC1)C1CCN(c2ccc(Cl)cc2)C1=O. The van der Waals surface area contributed by atoms with E-state index >= 15 is 0 Å². The lowest BCUT2D eigenvalue weighted by Crippen LogP contribution is -2.45. The molecule has 0 bridgehead atoms. The number of amides is 2. The zero-order valence-electron chi connectivity index (χ0n) is 17.1. The number of carbonyl (C=O) groups is 2. The average Bonchev–Trinajstić information content (AvgIpc) is 3.17. The Bertz CT molecular complexity index is 917. The van der Waals surface area contributed by atoms with Crippen molar-refractivity contribution in [2.45, 2.75) is 12.5 Å². The van der Waals surface area contributed by atoms with Crippen LogP contribution >= 0.6 is 11.6 Å². The second-order valence-electron chi connectivity index (χ2n) is 7.77. The van der Waals surface area contributed by atoms with Crippen molar-refractivity contribution in [2.75, 3.05) is 44.3 Å². The van der Waals surface area contributed by atoms with E-state index in [-0.39, 0.29) is 23.7 Å². The van der Waals surface area contributed by atoms with Gasteiger partial charge in [-0.05, 0) is 48.4 Å². The summed E-state index contributed by atoms with van der Waals surface area (Å²) in [6.07, 6.45) is 0.464. The highest BCUT2D eigenvalue weighted by atomic mass is 35.5. The molecule has 8 heteroatoms. The molecule has 2 atom stereocenters. The van der Waals surface area contributed by atoms with Crippen LogP contribution in [0.3, 0.4) is 0 Å². The Labute approximate surface area is 185 Å². The molecular weight excluding hydrogens is 421 g/mol. The highest BCUT2D eigenvalue weighted by Crippen LogP contribution is 2.27. The summed E-state index contributed by atoms with van der Waals surface area (Å²) < 4.78 is 18.8. The number of rotatable bonds is 6. The van der Waals surface area contributed by atoms with Crippen molar-refractivity contribution < 1.29 is 18.7 Å². The maximum atomic E-state index is 13.4. The van der Waals surface area contributed by atoms with Gasteiger partial charge in [-0.1, -0.05) is 23.7 Å². The smallest absolute Gasteiger partial charge is 0.239 e. The first-order valence-electron chi connectivity index (χ1n) is 10.4. The molecule has 0 aliphatic carbocycles. The number of anilines is 1. The molecule has 2 aromatic rings. The fourth-order valence-electron chi connectivity index (χ4n) is 4.15. The first kappa shape index (κ1) is 21.7. The molecule has 6 nitrogen and oxygen atoms in total. The largest absolute Gasteiger partial charge is 0.379 e. The lowest BCUT2D eigenvalue weighted by Gasteiger charge is -2.35. The van der Waals surface area contributed by atoms with E-state index in [0.717, 1.165) is 24.3 Å². The topological polar surface area (TPSA) is 61.9 Å². The van der Waals surface area contributed by atoms with Crippen LogP contribution in [0.15, 0.2) is 48.5 Å². The number of nitrogens with one attached hydrogen (secondary N) is 1. The average molecular weight is 446 g/mol. The van der Waals surface area contributed by atoms with Crippen molar-refractivity contribution in [3.05, 3.63) is 64.9 Å². The fourth-order valence-corrected chi connectivity index (χ4v) is 4.28. The molecular formula is C23H25ClFN3O3. The molecule has 164 valence electrons. The molecule has 2 aliphatic rings. The molecule has 2 aromatic carbocycles. The van der Waals surface area contributed by atoms with Crippen molar-refractivity contribution >= 4 is 29.1 Å². The Morgan fingerprint density at radius 2 is 1.77 bits per heavy atom. The monoisotopic (exact) mass is 445 g/mol. The van der Waals surface area contributed by atoms with Crippen LogP contribution in [0.1, 0.15) is 18.0 Å². The van der Waals surface area contributed by atoms with Crippen LogP contribution in [0.5, 0.6) is 0 Å². The molecule has 2 unspecified atom stereocenters. The third-order valence-electron chi connectivity index (χ3n) is 5.87.